The van der Waals surface area contributed by atoms with Crippen LogP contribution >= 0.6 is 0 Å². The number of hydrogen-bond acceptors (Lipinski definition) is 4. The van der Waals surface area contributed by atoms with E-state index in [9.17, 15) is 4.79 Å². The van der Waals surface area contributed by atoms with Crippen LogP contribution in [-0.2, 0) is 0 Å². The van der Waals surface area contributed by atoms with E-state index < -0.39 is 0 Å². The second kappa shape index (κ2) is 5.40. The molecule has 2 bridgehead atoms. The highest BCUT2D eigenvalue weighted by atomic mass is 16.5. The van der Waals surface area contributed by atoms with Crippen LogP contribution in [0.1, 0.15) is 36.0 Å². The number of ether oxygens (including phenoxy) is 1. The average molecular weight is 275 g/mol. The summed E-state index contributed by atoms with van der Waals surface area (Å²) < 4.78 is 5.19. The van der Waals surface area contributed by atoms with Crippen molar-refractivity contribution in [3.05, 3.63) is 23.9 Å². The number of aromatic nitrogens is 1. The number of methoxy groups -OCH3 is 1. The van der Waals surface area contributed by atoms with E-state index in [1.54, 1.807) is 25.4 Å². The summed E-state index contributed by atoms with van der Waals surface area (Å²) in [5.74, 6) is 0.405. The minimum Gasteiger partial charge on any atom is -0.480 e. The van der Waals surface area contributed by atoms with Crippen LogP contribution in [0.25, 0.3) is 0 Å². The summed E-state index contributed by atoms with van der Waals surface area (Å²) in [5, 5.41) is 3.60. The van der Waals surface area contributed by atoms with Crippen LogP contribution in [0.2, 0.25) is 0 Å². The van der Waals surface area contributed by atoms with Crippen molar-refractivity contribution in [3.63, 3.8) is 0 Å². The zero-order valence-corrected chi connectivity index (χ0v) is 12.0. The SMILES string of the molecule is COc1ncccc1C(=O)N(C)C1CC2CCC(C1)N2. The number of hydrogen-bond donors (Lipinski definition) is 1. The Hall–Kier alpha value is -1.62. The van der Waals surface area contributed by atoms with Crippen molar-refractivity contribution in [2.24, 2.45) is 0 Å². The van der Waals surface area contributed by atoms with E-state index in [-0.39, 0.29) is 5.91 Å². The molecule has 1 amide bonds. The first-order valence-corrected chi connectivity index (χ1v) is 7.21. The third kappa shape index (κ3) is 2.38. The van der Waals surface area contributed by atoms with Gasteiger partial charge < -0.3 is 15.0 Å². The largest absolute Gasteiger partial charge is 0.480 e. The summed E-state index contributed by atoms with van der Waals surface area (Å²) in [6.07, 6.45) is 6.20. The summed E-state index contributed by atoms with van der Waals surface area (Å²) in [6.45, 7) is 0. The number of nitrogens with zero attached hydrogens (tertiary/aromatic N) is 2. The fraction of sp³-hybridized carbons (Fsp3) is 0.600. The molecule has 0 aromatic carbocycles. The maximum Gasteiger partial charge on any atom is 0.259 e. The predicted molar refractivity (Wildman–Crippen MR) is 75.9 cm³/mol. The molecule has 0 aliphatic carbocycles. The summed E-state index contributed by atoms with van der Waals surface area (Å²) >= 11 is 0. The molecule has 5 nitrogen and oxygen atoms in total. The van der Waals surface area contributed by atoms with Gasteiger partial charge in [-0.1, -0.05) is 0 Å². The maximum atomic E-state index is 12.6. The van der Waals surface area contributed by atoms with E-state index in [1.165, 1.54) is 12.8 Å². The fourth-order valence-electron chi connectivity index (χ4n) is 3.42. The molecule has 5 heteroatoms. The topological polar surface area (TPSA) is 54.5 Å². The molecule has 0 saturated carbocycles. The molecular formula is C15H21N3O2. The molecule has 2 aliphatic rings. The fourth-order valence-corrected chi connectivity index (χ4v) is 3.42. The van der Waals surface area contributed by atoms with E-state index in [4.69, 9.17) is 4.74 Å². The van der Waals surface area contributed by atoms with E-state index in [1.807, 2.05) is 11.9 Å². The van der Waals surface area contributed by atoms with Gasteiger partial charge in [0.25, 0.3) is 5.91 Å². The van der Waals surface area contributed by atoms with Gasteiger partial charge in [0.05, 0.1) is 7.11 Å². The molecule has 1 N–H and O–H groups in total. The molecule has 20 heavy (non-hydrogen) atoms. The Kier molecular flexibility index (Phi) is 3.61. The standard InChI is InChI=1S/C15H21N3O2/c1-18(12-8-10-5-6-11(9-12)17-10)15(19)13-4-3-7-16-14(13)20-2/h3-4,7,10-12,17H,5-6,8-9H2,1-2H3. The Morgan fingerprint density at radius 2 is 2.10 bits per heavy atom. The van der Waals surface area contributed by atoms with Crippen LogP contribution in [0.3, 0.4) is 0 Å². The Balaban J connectivity index is 1.76. The van der Waals surface area contributed by atoms with Gasteiger partial charge in [0.2, 0.25) is 5.88 Å². The molecule has 108 valence electrons. The zero-order chi connectivity index (χ0) is 14.1. The number of rotatable bonds is 3. The van der Waals surface area contributed by atoms with Gasteiger partial charge in [0.15, 0.2) is 0 Å². The van der Waals surface area contributed by atoms with E-state index in [0.717, 1.165) is 12.8 Å². The summed E-state index contributed by atoms with van der Waals surface area (Å²) in [6, 6.07) is 5.01. The molecule has 2 fully saturated rings. The van der Waals surface area contributed by atoms with Crippen molar-refractivity contribution in [1.29, 1.82) is 0 Å². The highest BCUT2D eigenvalue weighted by Crippen LogP contribution is 2.30. The van der Waals surface area contributed by atoms with Gasteiger partial charge in [0.1, 0.15) is 5.56 Å². The van der Waals surface area contributed by atoms with Crippen LogP contribution < -0.4 is 10.1 Å². The molecule has 0 radical (unpaired) electrons. The van der Waals surface area contributed by atoms with Gasteiger partial charge in [-0.25, -0.2) is 4.98 Å². The normalized spacial score (nSPS) is 28.2. The lowest BCUT2D eigenvalue weighted by molar-refractivity contribution is 0.0677. The highest BCUT2D eigenvalue weighted by molar-refractivity contribution is 5.96. The number of piperidine rings is 1. The minimum absolute atomic E-state index is 0.00116. The first-order valence-electron chi connectivity index (χ1n) is 7.21. The van der Waals surface area contributed by atoms with Gasteiger partial charge in [-0.3, -0.25) is 4.79 Å². The number of amides is 1. The molecule has 0 spiro atoms. The third-order valence-corrected chi connectivity index (χ3v) is 4.51. The molecule has 1 aromatic rings. The summed E-state index contributed by atoms with van der Waals surface area (Å²) in [7, 11) is 3.44. The second-order valence-corrected chi connectivity index (χ2v) is 5.74. The van der Waals surface area contributed by atoms with Crippen LogP contribution in [0.15, 0.2) is 18.3 Å². The maximum absolute atomic E-state index is 12.6. The van der Waals surface area contributed by atoms with Crippen LogP contribution in [0, 0.1) is 0 Å². The lowest BCUT2D eigenvalue weighted by Crippen LogP contribution is -2.48. The van der Waals surface area contributed by atoms with Crippen LogP contribution in [0.5, 0.6) is 5.88 Å². The molecule has 3 rings (SSSR count). The van der Waals surface area contributed by atoms with Crippen LogP contribution in [0.4, 0.5) is 0 Å². The third-order valence-electron chi connectivity index (χ3n) is 4.51. The van der Waals surface area contributed by atoms with E-state index in [0.29, 0.717) is 29.6 Å². The Labute approximate surface area is 119 Å². The number of nitrogens with one attached hydrogen (secondary N) is 1. The first kappa shape index (κ1) is 13.4. The number of carbonyl (C=O) groups is 1. The Morgan fingerprint density at radius 3 is 2.75 bits per heavy atom. The van der Waals surface area contributed by atoms with Gasteiger partial charge in [0, 0.05) is 31.4 Å². The molecule has 2 atom stereocenters. The molecular weight excluding hydrogens is 254 g/mol. The van der Waals surface area contributed by atoms with Crippen molar-refractivity contribution in [1.82, 2.24) is 15.2 Å². The van der Waals surface area contributed by atoms with Crippen molar-refractivity contribution < 1.29 is 9.53 Å². The average Bonchev–Trinajstić information content (AvgIpc) is 2.84. The van der Waals surface area contributed by atoms with Crippen LogP contribution in [-0.4, -0.2) is 48.1 Å². The number of carbonyl (C=O) groups excluding carboxylic acids is 1. The lowest BCUT2D eigenvalue weighted by atomic mass is 9.98. The molecule has 2 unspecified atom stereocenters. The van der Waals surface area contributed by atoms with Gasteiger partial charge in [-0.15, -0.1) is 0 Å². The quantitative estimate of drug-likeness (QED) is 0.907. The molecule has 2 aliphatic heterocycles. The highest BCUT2D eigenvalue weighted by Gasteiger charge is 2.36. The van der Waals surface area contributed by atoms with E-state index >= 15 is 0 Å². The monoisotopic (exact) mass is 275 g/mol. The Morgan fingerprint density at radius 1 is 1.40 bits per heavy atom. The van der Waals surface area contributed by atoms with Crippen molar-refractivity contribution in [2.45, 2.75) is 43.8 Å². The summed E-state index contributed by atoms with van der Waals surface area (Å²) in [4.78, 5) is 18.6. The second-order valence-electron chi connectivity index (χ2n) is 5.74. The zero-order valence-electron chi connectivity index (χ0n) is 12.0. The van der Waals surface area contributed by atoms with Gasteiger partial charge in [-0.2, -0.15) is 0 Å². The van der Waals surface area contributed by atoms with E-state index in [2.05, 4.69) is 10.3 Å². The van der Waals surface area contributed by atoms with Crippen molar-refractivity contribution in [3.8, 4) is 5.88 Å². The number of fused-ring (bicyclic) bond motifs is 2. The smallest absolute Gasteiger partial charge is 0.259 e. The van der Waals surface area contributed by atoms with Gasteiger partial charge >= 0.3 is 0 Å². The van der Waals surface area contributed by atoms with Gasteiger partial charge in [-0.05, 0) is 37.8 Å². The molecule has 1 aromatic heterocycles. The predicted octanol–water partition coefficient (Wildman–Crippen LogP) is 1.45. The summed E-state index contributed by atoms with van der Waals surface area (Å²) in [5.41, 5.74) is 0.545. The van der Waals surface area contributed by atoms with Crippen molar-refractivity contribution in [2.75, 3.05) is 14.2 Å². The minimum atomic E-state index is 0.00116. The first-order chi connectivity index (χ1) is 9.69. The molecule has 2 saturated heterocycles. The Bertz CT molecular complexity index is 494. The molecule has 3 heterocycles. The van der Waals surface area contributed by atoms with Crippen molar-refractivity contribution >= 4 is 5.91 Å². The number of pyridine rings is 1. The lowest BCUT2D eigenvalue weighted by Gasteiger charge is -2.35.